The van der Waals surface area contributed by atoms with Crippen LogP contribution in [0.25, 0.3) is 0 Å². The van der Waals surface area contributed by atoms with E-state index in [0.717, 1.165) is 6.16 Å². The van der Waals surface area contributed by atoms with Gasteiger partial charge < -0.3 is 4.57 Å². The molecule has 0 radical (unpaired) electrons. The van der Waals surface area contributed by atoms with Crippen LogP contribution in [0.2, 0.25) is 0 Å². The Kier molecular flexibility index (Phi) is 18.0. The SMILES string of the molecule is CCCCCCCCC(=CC[PH2]=O)CCCCCCCC. The third-order valence-electron chi connectivity index (χ3n) is 4.21. The summed E-state index contributed by atoms with van der Waals surface area (Å²) >= 11 is 0. The third kappa shape index (κ3) is 16.2. The van der Waals surface area contributed by atoms with E-state index in [0.29, 0.717) is 0 Å². The smallest absolute Gasteiger partial charge is 0.0681 e. The van der Waals surface area contributed by atoms with Gasteiger partial charge >= 0.3 is 0 Å². The standard InChI is InChI=1S/C19H39OP/c1-3-5-7-9-11-13-15-19(17-18-21-20)16-14-12-10-8-6-4-2/h17H,3-16,18,21H2,1-2H3. The molecule has 0 aliphatic heterocycles. The van der Waals surface area contributed by atoms with Crippen molar-refractivity contribution in [3.05, 3.63) is 11.6 Å². The minimum absolute atomic E-state index is 0.600. The van der Waals surface area contributed by atoms with Crippen LogP contribution in [-0.2, 0) is 4.57 Å². The molecule has 0 fully saturated rings. The molecule has 0 aromatic carbocycles. The Morgan fingerprint density at radius 1 is 0.714 bits per heavy atom. The minimum atomic E-state index is -0.600. The van der Waals surface area contributed by atoms with Crippen LogP contribution in [0.1, 0.15) is 104 Å². The highest BCUT2D eigenvalue weighted by molar-refractivity contribution is 7.23. The Morgan fingerprint density at radius 2 is 1.14 bits per heavy atom. The van der Waals surface area contributed by atoms with Crippen molar-refractivity contribution >= 4 is 8.46 Å². The average molecular weight is 314 g/mol. The molecular weight excluding hydrogens is 275 g/mol. The highest BCUT2D eigenvalue weighted by Crippen LogP contribution is 2.19. The van der Waals surface area contributed by atoms with Crippen LogP contribution in [0.15, 0.2) is 11.6 Å². The number of allylic oxidation sites excluding steroid dienone is 2. The molecule has 0 aliphatic rings. The van der Waals surface area contributed by atoms with Gasteiger partial charge in [0.2, 0.25) is 0 Å². The van der Waals surface area contributed by atoms with Crippen LogP contribution in [0.4, 0.5) is 0 Å². The average Bonchev–Trinajstić information content (AvgIpc) is 2.50. The van der Waals surface area contributed by atoms with Crippen molar-refractivity contribution in [1.82, 2.24) is 0 Å². The zero-order chi connectivity index (χ0) is 15.6. The molecule has 126 valence electrons. The van der Waals surface area contributed by atoms with Gasteiger partial charge in [-0.3, -0.25) is 0 Å². The lowest BCUT2D eigenvalue weighted by Gasteiger charge is -2.08. The zero-order valence-electron chi connectivity index (χ0n) is 14.7. The van der Waals surface area contributed by atoms with E-state index in [4.69, 9.17) is 0 Å². The Balaban J connectivity index is 3.70. The second-order valence-corrected chi connectivity index (χ2v) is 7.11. The molecule has 0 bridgehead atoms. The van der Waals surface area contributed by atoms with Crippen LogP contribution in [0.5, 0.6) is 0 Å². The van der Waals surface area contributed by atoms with Gasteiger partial charge in [0, 0.05) is 6.16 Å². The third-order valence-corrected chi connectivity index (χ3v) is 4.63. The van der Waals surface area contributed by atoms with Gasteiger partial charge in [-0.05, 0) is 25.7 Å². The monoisotopic (exact) mass is 314 g/mol. The lowest BCUT2D eigenvalue weighted by atomic mass is 9.99. The zero-order valence-corrected chi connectivity index (χ0v) is 15.8. The van der Waals surface area contributed by atoms with Gasteiger partial charge in [0.25, 0.3) is 0 Å². The molecule has 0 N–H and O–H groups in total. The van der Waals surface area contributed by atoms with Crippen LogP contribution in [0.3, 0.4) is 0 Å². The lowest BCUT2D eigenvalue weighted by molar-refractivity contribution is 0.582. The van der Waals surface area contributed by atoms with Gasteiger partial charge in [0.15, 0.2) is 0 Å². The first-order valence-electron chi connectivity index (χ1n) is 9.46. The van der Waals surface area contributed by atoms with E-state index < -0.39 is 8.46 Å². The summed E-state index contributed by atoms with van der Waals surface area (Å²) in [4.78, 5) is 0. The molecule has 0 rings (SSSR count). The van der Waals surface area contributed by atoms with Crippen LogP contribution < -0.4 is 0 Å². The van der Waals surface area contributed by atoms with Crippen LogP contribution in [-0.4, -0.2) is 6.16 Å². The van der Waals surface area contributed by atoms with E-state index in [1.54, 1.807) is 5.57 Å². The van der Waals surface area contributed by atoms with Crippen molar-refractivity contribution in [1.29, 1.82) is 0 Å². The number of hydrogen-bond donors (Lipinski definition) is 0. The fourth-order valence-corrected chi connectivity index (χ4v) is 3.24. The molecule has 21 heavy (non-hydrogen) atoms. The Hall–Kier alpha value is -0.0300. The lowest BCUT2D eigenvalue weighted by Crippen LogP contribution is -1.89. The summed E-state index contributed by atoms with van der Waals surface area (Å²) in [6.45, 7) is 4.54. The molecular formula is C19H39OP. The van der Waals surface area contributed by atoms with Gasteiger partial charge in [0.05, 0.1) is 8.46 Å². The van der Waals surface area contributed by atoms with Gasteiger partial charge in [0.1, 0.15) is 0 Å². The second kappa shape index (κ2) is 18.0. The number of unbranched alkanes of at least 4 members (excludes halogenated alkanes) is 10. The summed E-state index contributed by atoms with van der Waals surface area (Å²) < 4.78 is 10.8. The molecule has 0 saturated heterocycles. The first kappa shape index (κ1) is 21.0. The van der Waals surface area contributed by atoms with Crippen LogP contribution >= 0.6 is 8.46 Å². The van der Waals surface area contributed by atoms with E-state index in [9.17, 15) is 4.57 Å². The van der Waals surface area contributed by atoms with Crippen molar-refractivity contribution < 1.29 is 4.57 Å². The molecule has 0 amide bonds. The predicted octanol–water partition coefficient (Wildman–Crippen LogP) is 7.17. The second-order valence-electron chi connectivity index (χ2n) is 6.30. The van der Waals surface area contributed by atoms with Crippen molar-refractivity contribution in [3.8, 4) is 0 Å². The molecule has 0 heterocycles. The van der Waals surface area contributed by atoms with Crippen LogP contribution in [0, 0.1) is 0 Å². The quantitative estimate of drug-likeness (QED) is 0.168. The van der Waals surface area contributed by atoms with Crippen molar-refractivity contribution in [2.24, 2.45) is 0 Å². The first-order chi connectivity index (χ1) is 10.3. The van der Waals surface area contributed by atoms with E-state index in [1.165, 1.54) is 89.9 Å². The minimum Gasteiger partial charge on any atom is -0.330 e. The summed E-state index contributed by atoms with van der Waals surface area (Å²) in [6, 6.07) is 0. The molecule has 0 aromatic rings. The molecule has 2 heteroatoms. The van der Waals surface area contributed by atoms with Crippen molar-refractivity contribution in [2.75, 3.05) is 6.16 Å². The molecule has 0 aromatic heterocycles. The van der Waals surface area contributed by atoms with E-state index in [2.05, 4.69) is 19.9 Å². The molecule has 0 spiro atoms. The Bertz CT molecular complexity index is 230. The van der Waals surface area contributed by atoms with Gasteiger partial charge in [-0.2, -0.15) is 0 Å². The van der Waals surface area contributed by atoms with E-state index in [1.807, 2.05) is 0 Å². The van der Waals surface area contributed by atoms with Gasteiger partial charge in [-0.15, -0.1) is 0 Å². The maximum atomic E-state index is 10.8. The number of hydrogen-bond acceptors (Lipinski definition) is 1. The Morgan fingerprint density at radius 3 is 1.57 bits per heavy atom. The highest BCUT2D eigenvalue weighted by atomic mass is 31.1. The molecule has 1 atom stereocenters. The fraction of sp³-hybridized carbons (Fsp3) is 0.895. The maximum absolute atomic E-state index is 10.8. The topological polar surface area (TPSA) is 17.1 Å². The summed E-state index contributed by atoms with van der Waals surface area (Å²) in [6.07, 6.45) is 22.0. The summed E-state index contributed by atoms with van der Waals surface area (Å²) in [5.41, 5.74) is 1.59. The number of rotatable bonds is 16. The summed E-state index contributed by atoms with van der Waals surface area (Å²) in [7, 11) is -0.600. The first-order valence-corrected chi connectivity index (χ1v) is 10.8. The van der Waals surface area contributed by atoms with Crippen molar-refractivity contribution in [3.63, 3.8) is 0 Å². The molecule has 1 nitrogen and oxygen atoms in total. The van der Waals surface area contributed by atoms with E-state index in [-0.39, 0.29) is 0 Å². The van der Waals surface area contributed by atoms with Crippen molar-refractivity contribution in [2.45, 2.75) is 104 Å². The van der Waals surface area contributed by atoms with Gasteiger partial charge in [-0.1, -0.05) is 89.7 Å². The Labute approximate surface area is 135 Å². The normalized spacial score (nSPS) is 11.3. The highest BCUT2D eigenvalue weighted by Gasteiger charge is 1.99. The summed E-state index contributed by atoms with van der Waals surface area (Å²) in [5, 5.41) is 0. The summed E-state index contributed by atoms with van der Waals surface area (Å²) in [5.74, 6) is 0. The maximum Gasteiger partial charge on any atom is 0.0681 e. The fourth-order valence-electron chi connectivity index (χ4n) is 2.81. The molecule has 0 saturated carbocycles. The predicted molar refractivity (Wildman–Crippen MR) is 99.3 cm³/mol. The largest absolute Gasteiger partial charge is 0.330 e. The van der Waals surface area contributed by atoms with E-state index >= 15 is 0 Å². The molecule has 1 unspecified atom stereocenters. The van der Waals surface area contributed by atoms with Gasteiger partial charge in [-0.25, -0.2) is 0 Å². The molecule has 0 aliphatic carbocycles.